The van der Waals surface area contributed by atoms with E-state index in [1.807, 2.05) is 26.0 Å². The molecule has 0 unspecified atom stereocenters. The Bertz CT molecular complexity index is 464. The monoisotopic (exact) mass is 304 g/mol. The van der Waals surface area contributed by atoms with Gasteiger partial charge in [-0.1, -0.05) is 12.1 Å². The summed E-state index contributed by atoms with van der Waals surface area (Å²) in [6.45, 7) is 7.94. The number of hydrogen-bond acceptors (Lipinski definition) is 3. The van der Waals surface area contributed by atoms with Crippen molar-refractivity contribution in [2.24, 2.45) is 5.92 Å². The zero-order chi connectivity index (χ0) is 15.9. The highest BCUT2D eigenvalue weighted by Crippen LogP contribution is 2.22. The van der Waals surface area contributed by atoms with Gasteiger partial charge in [0.05, 0.1) is 6.42 Å². The molecule has 4 nitrogen and oxygen atoms in total. The fourth-order valence-electron chi connectivity index (χ4n) is 2.87. The summed E-state index contributed by atoms with van der Waals surface area (Å²) in [5.41, 5.74) is 2.16. The highest BCUT2D eigenvalue weighted by Gasteiger charge is 2.20. The molecule has 122 valence electrons. The molecule has 22 heavy (non-hydrogen) atoms. The van der Waals surface area contributed by atoms with E-state index < -0.39 is 0 Å². The summed E-state index contributed by atoms with van der Waals surface area (Å²) in [5.74, 6) is 0.747. The molecule has 0 aromatic heterocycles. The molecule has 1 aliphatic heterocycles. The number of benzene rings is 1. The van der Waals surface area contributed by atoms with E-state index in [2.05, 4.69) is 29.7 Å². The molecule has 0 radical (unpaired) electrons. The van der Waals surface area contributed by atoms with Crippen LogP contribution in [0.4, 0.5) is 5.69 Å². The Morgan fingerprint density at radius 2 is 1.82 bits per heavy atom. The molecule has 1 atom stereocenters. The third-order valence-corrected chi connectivity index (χ3v) is 4.14. The smallest absolute Gasteiger partial charge is 0.224 e. The molecule has 2 rings (SSSR count). The van der Waals surface area contributed by atoms with Crippen LogP contribution in [0.3, 0.4) is 0 Å². The van der Waals surface area contributed by atoms with Crippen molar-refractivity contribution in [1.29, 1.82) is 0 Å². The summed E-state index contributed by atoms with van der Waals surface area (Å²) in [6, 6.07) is 8.81. The van der Waals surface area contributed by atoms with E-state index >= 15 is 0 Å². The van der Waals surface area contributed by atoms with Crippen LogP contribution in [0.2, 0.25) is 0 Å². The Morgan fingerprint density at radius 1 is 1.18 bits per heavy atom. The first-order chi connectivity index (χ1) is 10.5. The SMILES string of the molecule is CC(C)NC(=O)Cc1ccc(N[C@H](C)C2CCOCC2)cc1. The van der Waals surface area contributed by atoms with E-state index in [9.17, 15) is 4.79 Å². The quantitative estimate of drug-likeness (QED) is 0.849. The highest BCUT2D eigenvalue weighted by atomic mass is 16.5. The zero-order valence-electron chi connectivity index (χ0n) is 13.9. The van der Waals surface area contributed by atoms with Crippen molar-refractivity contribution in [3.8, 4) is 0 Å². The number of rotatable bonds is 6. The number of ether oxygens (including phenoxy) is 1. The lowest BCUT2D eigenvalue weighted by Crippen LogP contribution is -2.31. The van der Waals surface area contributed by atoms with Gasteiger partial charge in [-0.25, -0.2) is 0 Å². The van der Waals surface area contributed by atoms with Crippen LogP contribution in [0.5, 0.6) is 0 Å². The second-order valence-corrected chi connectivity index (χ2v) is 6.48. The van der Waals surface area contributed by atoms with E-state index in [0.717, 1.165) is 37.3 Å². The minimum atomic E-state index is 0.0753. The first-order valence-corrected chi connectivity index (χ1v) is 8.27. The van der Waals surface area contributed by atoms with Crippen molar-refractivity contribution >= 4 is 11.6 Å². The fourth-order valence-corrected chi connectivity index (χ4v) is 2.87. The van der Waals surface area contributed by atoms with E-state index in [1.165, 1.54) is 0 Å². The normalized spacial score (nSPS) is 17.3. The predicted octanol–water partition coefficient (Wildman–Crippen LogP) is 2.98. The van der Waals surface area contributed by atoms with Crippen molar-refractivity contribution in [2.75, 3.05) is 18.5 Å². The van der Waals surface area contributed by atoms with Gasteiger partial charge in [0, 0.05) is 31.0 Å². The van der Waals surface area contributed by atoms with Gasteiger partial charge in [-0.05, 0) is 57.2 Å². The summed E-state index contributed by atoms with van der Waals surface area (Å²) in [6.07, 6.45) is 2.69. The Hall–Kier alpha value is -1.55. The summed E-state index contributed by atoms with van der Waals surface area (Å²) in [5, 5.41) is 6.48. The molecule has 0 saturated carbocycles. The fraction of sp³-hybridized carbons (Fsp3) is 0.611. The van der Waals surface area contributed by atoms with Crippen LogP contribution in [0.1, 0.15) is 39.2 Å². The first kappa shape index (κ1) is 16.8. The average Bonchev–Trinajstić information content (AvgIpc) is 2.49. The van der Waals surface area contributed by atoms with Gasteiger partial charge >= 0.3 is 0 Å². The van der Waals surface area contributed by atoms with Crippen LogP contribution >= 0.6 is 0 Å². The van der Waals surface area contributed by atoms with Crippen molar-refractivity contribution in [1.82, 2.24) is 5.32 Å². The number of nitrogens with one attached hydrogen (secondary N) is 2. The summed E-state index contributed by atoms with van der Waals surface area (Å²) in [4.78, 5) is 11.8. The molecule has 0 spiro atoms. The zero-order valence-corrected chi connectivity index (χ0v) is 13.9. The maximum atomic E-state index is 11.8. The molecule has 1 amide bonds. The van der Waals surface area contributed by atoms with Crippen LogP contribution < -0.4 is 10.6 Å². The van der Waals surface area contributed by atoms with Gasteiger partial charge in [0.2, 0.25) is 5.91 Å². The van der Waals surface area contributed by atoms with Gasteiger partial charge in [0.1, 0.15) is 0 Å². The molecule has 1 saturated heterocycles. The number of amides is 1. The molecule has 1 aromatic carbocycles. The van der Waals surface area contributed by atoms with Crippen molar-refractivity contribution < 1.29 is 9.53 Å². The molecule has 0 aliphatic carbocycles. The van der Waals surface area contributed by atoms with Crippen LogP contribution in [0.25, 0.3) is 0 Å². The van der Waals surface area contributed by atoms with Gasteiger partial charge in [-0.15, -0.1) is 0 Å². The molecule has 1 aliphatic rings. The van der Waals surface area contributed by atoms with E-state index in [0.29, 0.717) is 18.4 Å². The van der Waals surface area contributed by atoms with Crippen LogP contribution in [0.15, 0.2) is 24.3 Å². The minimum absolute atomic E-state index is 0.0753. The Kier molecular flexibility index (Phi) is 6.25. The van der Waals surface area contributed by atoms with Crippen LogP contribution in [0, 0.1) is 5.92 Å². The lowest BCUT2D eigenvalue weighted by atomic mass is 9.93. The lowest BCUT2D eigenvalue weighted by molar-refractivity contribution is -0.120. The molecule has 0 bridgehead atoms. The molecular formula is C18H28N2O2. The van der Waals surface area contributed by atoms with Gasteiger partial charge in [-0.3, -0.25) is 4.79 Å². The molecule has 1 fully saturated rings. The Balaban J connectivity index is 1.84. The Labute approximate surface area is 133 Å². The third kappa shape index (κ3) is 5.34. The van der Waals surface area contributed by atoms with Crippen LogP contribution in [-0.4, -0.2) is 31.2 Å². The first-order valence-electron chi connectivity index (χ1n) is 8.27. The Morgan fingerprint density at radius 3 is 2.41 bits per heavy atom. The van der Waals surface area contributed by atoms with Gasteiger partial charge in [-0.2, -0.15) is 0 Å². The van der Waals surface area contributed by atoms with Gasteiger partial charge < -0.3 is 15.4 Å². The summed E-state index contributed by atoms with van der Waals surface area (Å²) in [7, 11) is 0. The number of carbonyl (C=O) groups excluding carboxylic acids is 1. The largest absolute Gasteiger partial charge is 0.382 e. The molecule has 1 aromatic rings. The topological polar surface area (TPSA) is 50.4 Å². The third-order valence-electron chi connectivity index (χ3n) is 4.14. The highest BCUT2D eigenvalue weighted by molar-refractivity contribution is 5.78. The van der Waals surface area contributed by atoms with Gasteiger partial charge in [0.15, 0.2) is 0 Å². The van der Waals surface area contributed by atoms with E-state index in [-0.39, 0.29) is 11.9 Å². The molecule has 2 N–H and O–H groups in total. The van der Waals surface area contributed by atoms with E-state index in [1.54, 1.807) is 0 Å². The predicted molar refractivity (Wildman–Crippen MR) is 90.1 cm³/mol. The van der Waals surface area contributed by atoms with Gasteiger partial charge in [0.25, 0.3) is 0 Å². The van der Waals surface area contributed by atoms with Crippen LogP contribution in [-0.2, 0) is 16.0 Å². The molecule has 4 heteroatoms. The second-order valence-electron chi connectivity index (χ2n) is 6.48. The summed E-state index contributed by atoms with van der Waals surface area (Å²) >= 11 is 0. The van der Waals surface area contributed by atoms with Crippen molar-refractivity contribution in [3.05, 3.63) is 29.8 Å². The minimum Gasteiger partial charge on any atom is -0.382 e. The lowest BCUT2D eigenvalue weighted by Gasteiger charge is -2.29. The standard InChI is InChI=1S/C18H28N2O2/c1-13(2)19-18(21)12-15-4-6-17(7-5-15)20-14(3)16-8-10-22-11-9-16/h4-7,13-14,16,20H,8-12H2,1-3H3,(H,19,21)/t14-/m1/s1. The number of anilines is 1. The molecule has 1 heterocycles. The maximum absolute atomic E-state index is 11.8. The summed E-state index contributed by atoms with van der Waals surface area (Å²) < 4.78 is 5.41. The van der Waals surface area contributed by atoms with Crippen molar-refractivity contribution in [2.45, 2.75) is 52.1 Å². The van der Waals surface area contributed by atoms with Crippen molar-refractivity contribution in [3.63, 3.8) is 0 Å². The van der Waals surface area contributed by atoms with E-state index in [4.69, 9.17) is 4.74 Å². The number of carbonyl (C=O) groups is 1. The maximum Gasteiger partial charge on any atom is 0.224 e. The second kappa shape index (κ2) is 8.18. The number of hydrogen-bond donors (Lipinski definition) is 2. The molecular weight excluding hydrogens is 276 g/mol. The average molecular weight is 304 g/mol.